The van der Waals surface area contributed by atoms with Crippen LogP contribution in [0.2, 0.25) is 0 Å². The van der Waals surface area contributed by atoms with Gasteiger partial charge in [0.25, 0.3) is 0 Å². The summed E-state index contributed by atoms with van der Waals surface area (Å²) in [6, 6.07) is 1.82. The molecule has 1 aromatic heterocycles. The van der Waals surface area contributed by atoms with Gasteiger partial charge in [-0.2, -0.15) is 0 Å². The van der Waals surface area contributed by atoms with Crippen molar-refractivity contribution >= 4 is 5.91 Å². The summed E-state index contributed by atoms with van der Waals surface area (Å²) in [7, 11) is 0. The van der Waals surface area contributed by atoms with E-state index in [9.17, 15) is 4.79 Å². The zero-order valence-electron chi connectivity index (χ0n) is 11.9. The molecule has 1 amide bonds. The van der Waals surface area contributed by atoms with Gasteiger partial charge in [-0.1, -0.05) is 6.92 Å². The number of rotatable bonds is 6. The van der Waals surface area contributed by atoms with E-state index in [4.69, 9.17) is 15.0 Å². The number of hydrazine groups is 1. The predicted octanol–water partition coefficient (Wildman–Crippen LogP) is 1.27. The number of hydrogen-bond donors (Lipinski definition) is 2. The number of furan rings is 1. The second kappa shape index (κ2) is 7.42. The molecule has 1 aromatic rings. The van der Waals surface area contributed by atoms with E-state index in [0.717, 1.165) is 44.5 Å². The Balaban J connectivity index is 1.92. The molecular formula is C14H23N3O3. The molecule has 1 saturated heterocycles. The molecule has 0 bridgehead atoms. The lowest BCUT2D eigenvalue weighted by atomic mass is 10.1. The van der Waals surface area contributed by atoms with Crippen LogP contribution in [0.1, 0.15) is 42.3 Å². The molecule has 1 atom stereocenters. The Hall–Kier alpha value is -1.37. The van der Waals surface area contributed by atoms with E-state index in [-0.39, 0.29) is 5.91 Å². The molecule has 2 rings (SSSR count). The fourth-order valence-electron chi connectivity index (χ4n) is 2.54. The van der Waals surface area contributed by atoms with Crippen molar-refractivity contribution in [2.75, 3.05) is 19.7 Å². The van der Waals surface area contributed by atoms with Gasteiger partial charge in [0.15, 0.2) is 5.76 Å². The number of likely N-dealkylation sites (tertiary alicyclic amines) is 1. The zero-order valence-corrected chi connectivity index (χ0v) is 11.9. The van der Waals surface area contributed by atoms with Crippen molar-refractivity contribution in [1.29, 1.82) is 0 Å². The third-order valence-corrected chi connectivity index (χ3v) is 3.50. The molecule has 3 N–H and O–H groups in total. The highest BCUT2D eigenvalue weighted by Crippen LogP contribution is 2.19. The average molecular weight is 281 g/mol. The maximum atomic E-state index is 11.6. The number of carbonyl (C=O) groups excluding carboxylic acids is 1. The maximum absolute atomic E-state index is 11.6. The van der Waals surface area contributed by atoms with Crippen molar-refractivity contribution < 1.29 is 13.9 Å². The van der Waals surface area contributed by atoms with E-state index in [1.165, 1.54) is 6.26 Å². The number of ether oxygens (including phenoxy) is 1. The van der Waals surface area contributed by atoms with Crippen LogP contribution in [0.15, 0.2) is 16.7 Å². The van der Waals surface area contributed by atoms with Crippen molar-refractivity contribution in [3.05, 3.63) is 23.7 Å². The normalized spacial score (nSPS) is 20.0. The van der Waals surface area contributed by atoms with E-state index >= 15 is 0 Å². The van der Waals surface area contributed by atoms with Gasteiger partial charge < -0.3 is 9.15 Å². The predicted molar refractivity (Wildman–Crippen MR) is 74.9 cm³/mol. The molecule has 0 spiro atoms. The molecule has 0 radical (unpaired) electrons. The highest BCUT2D eigenvalue weighted by molar-refractivity contribution is 5.92. The summed E-state index contributed by atoms with van der Waals surface area (Å²) in [6.45, 7) is 5.52. The molecule has 112 valence electrons. The van der Waals surface area contributed by atoms with Gasteiger partial charge >= 0.3 is 5.91 Å². The highest BCUT2D eigenvalue weighted by atomic mass is 16.5. The number of nitrogens with one attached hydrogen (secondary N) is 1. The summed E-state index contributed by atoms with van der Waals surface area (Å²) in [4.78, 5) is 13.9. The van der Waals surface area contributed by atoms with Gasteiger partial charge in [0, 0.05) is 25.3 Å². The first-order chi connectivity index (χ1) is 9.74. The van der Waals surface area contributed by atoms with Gasteiger partial charge in [-0.05, 0) is 31.9 Å². The van der Waals surface area contributed by atoms with Crippen LogP contribution in [0.4, 0.5) is 0 Å². The second-order valence-corrected chi connectivity index (χ2v) is 5.12. The molecule has 1 aliphatic heterocycles. The molecule has 0 saturated carbocycles. The monoisotopic (exact) mass is 281 g/mol. The van der Waals surface area contributed by atoms with Crippen LogP contribution in [-0.2, 0) is 11.3 Å². The van der Waals surface area contributed by atoms with Crippen LogP contribution in [0.5, 0.6) is 0 Å². The number of nitrogens with two attached hydrogens (primary N) is 1. The lowest BCUT2D eigenvalue weighted by Crippen LogP contribution is -2.39. The van der Waals surface area contributed by atoms with Crippen LogP contribution >= 0.6 is 0 Å². The smallest absolute Gasteiger partial charge is 0.301 e. The van der Waals surface area contributed by atoms with Gasteiger partial charge in [0.1, 0.15) is 0 Å². The number of hydrogen-bond acceptors (Lipinski definition) is 5. The van der Waals surface area contributed by atoms with Crippen molar-refractivity contribution in [3.8, 4) is 0 Å². The summed E-state index contributed by atoms with van der Waals surface area (Å²) < 4.78 is 11.0. The molecule has 0 aromatic carbocycles. The largest absolute Gasteiger partial charge is 0.459 e. The lowest BCUT2D eigenvalue weighted by molar-refractivity contribution is -0.00232. The minimum Gasteiger partial charge on any atom is -0.459 e. The second-order valence-electron chi connectivity index (χ2n) is 5.12. The molecule has 1 aliphatic rings. The Morgan fingerprint density at radius 3 is 3.25 bits per heavy atom. The topological polar surface area (TPSA) is 80.7 Å². The SMILES string of the molecule is CCCOC1CCCN(Cc2ccoc2C(=O)NN)C1. The summed E-state index contributed by atoms with van der Waals surface area (Å²) in [5, 5.41) is 0. The standard InChI is InChI=1S/C14H23N3O3/c1-2-7-19-12-4-3-6-17(10-12)9-11-5-8-20-13(11)14(18)16-15/h5,8,12H,2-4,6-7,9-10,15H2,1H3,(H,16,18). The molecule has 6 heteroatoms. The number of nitrogens with zero attached hydrogens (tertiary/aromatic N) is 1. The van der Waals surface area contributed by atoms with Crippen molar-refractivity contribution in [2.24, 2.45) is 5.84 Å². The van der Waals surface area contributed by atoms with Gasteiger partial charge in [-0.3, -0.25) is 15.1 Å². The third-order valence-electron chi connectivity index (χ3n) is 3.50. The Bertz CT molecular complexity index is 433. The quantitative estimate of drug-likeness (QED) is 0.466. The lowest BCUT2D eigenvalue weighted by Gasteiger charge is -2.32. The summed E-state index contributed by atoms with van der Waals surface area (Å²) in [5.41, 5.74) is 2.97. The molecule has 20 heavy (non-hydrogen) atoms. The summed E-state index contributed by atoms with van der Waals surface area (Å²) in [6.07, 6.45) is 5.08. The van der Waals surface area contributed by atoms with Crippen LogP contribution < -0.4 is 11.3 Å². The Labute approximate surface area is 119 Å². The van der Waals surface area contributed by atoms with E-state index in [2.05, 4.69) is 17.2 Å². The Kier molecular flexibility index (Phi) is 5.58. The fraction of sp³-hybridized carbons (Fsp3) is 0.643. The molecule has 0 aliphatic carbocycles. The first kappa shape index (κ1) is 15.0. The van der Waals surface area contributed by atoms with Gasteiger partial charge in [0.05, 0.1) is 12.4 Å². The zero-order chi connectivity index (χ0) is 14.4. The maximum Gasteiger partial charge on any atom is 0.301 e. The van der Waals surface area contributed by atoms with E-state index in [1.54, 1.807) is 0 Å². The number of piperidine rings is 1. The van der Waals surface area contributed by atoms with Crippen LogP contribution in [0.25, 0.3) is 0 Å². The van der Waals surface area contributed by atoms with Crippen molar-refractivity contribution in [1.82, 2.24) is 10.3 Å². The first-order valence-electron chi connectivity index (χ1n) is 7.15. The minimum absolute atomic E-state index is 0.294. The molecule has 1 fully saturated rings. The van der Waals surface area contributed by atoms with Crippen molar-refractivity contribution in [3.63, 3.8) is 0 Å². The molecule has 6 nitrogen and oxygen atoms in total. The first-order valence-corrected chi connectivity index (χ1v) is 7.15. The van der Waals surface area contributed by atoms with Gasteiger partial charge in [-0.15, -0.1) is 0 Å². The van der Waals surface area contributed by atoms with Crippen molar-refractivity contribution in [2.45, 2.75) is 38.8 Å². The van der Waals surface area contributed by atoms with Gasteiger partial charge in [-0.25, -0.2) is 5.84 Å². The Morgan fingerprint density at radius 1 is 1.65 bits per heavy atom. The fourth-order valence-corrected chi connectivity index (χ4v) is 2.54. The van der Waals surface area contributed by atoms with Crippen LogP contribution in [0.3, 0.4) is 0 Å². The van der Waals surface area contributed by atoms with E-state index in [0.29, 0.717) is 18.4 Å². The molecule has 1 unspecified atom stereocenters. The minimum atomic E-state index is -0.388. The molecular weight excluding hydrogens is 258 g/mol. The molecule has 2 heterocycles. The van der Waals surface area contributed by atoms with Gasteiger partial charge in [0.2, 0.25) is 0 Å². The number of nitrogen functional groups attached to an aromatic ring is 1. The van der Waals surface area contributed by atoms with E-state index in [1.807, 2.05) is 6.07 Å². The number of amides is 1. The van der Waals surface area contributed by atoms with Crippen LogP contribution in [-0.4, -0.2) is 36.6 Å². The third kappa shape index (κ3) is 3.82. The Morgan fingerprint density at radius 2 is 2.50 bits per heavy atom. The highest BCUT2D eigenvalue weighted by Gasteiger charge is 2.23. The average Bonchev–Trinajstić information content (AvgIpc) is 2.93. The van der Waals surface area contributed by atoms with E-state index < -0.39 is 0 Å². The summed E-state index contributed by atoms with van der Waals surface area (Å²) >= 11 is 0. The van der Waals surface area contributed by atoms with Crippen LogP contribution in [0, 0.1) is 0 Å². The summed E-state index contributed by atoms with van der Waals surface area (Å²) in [5.74, 6) is 5.06. The number of carbonyl (C=O) groups is 1.